The maximum atomic E-state index is 13.8. The fourth-order valence-corrected chi connectivity index (χ4v) is 22.4. The number of aromatic amines is 2. The minimum absolute atomic E-state index is 0.108. The molecule has 328 valence electrons. The monoisotopic (exact) mass is 1010 g/mol. The van der Waals surface area contributed by atoms with E-state index in [0.29, 0.717) is 16.1 Å². The Balaban J connectivity index is 0.000000207. The van der Waals surface area contributed by atoms with E-state index in [4.69, 9.17) is 23.2 Å². The predicted molar refractivity (Wildman–Crippen MR) is 243 cm³/mol. The first-order valence-corrected chi connectivity index (χ1v) is 30.0. The summed E-state index contributed by atoms with van der Waals surface area (Å²) >= 11 is 9.87. The van der Waals surface area contributed by atoms with E-state index in [1.807, 2.05) is 25.1 Å². The Morgan fingerprint density at radius 3 is 1.64 bits per heavy atom. The Morgan fingerprint density at radius 2 is 1.20 bits per heavy atom. The third-order valence-electron chi connectivity index (χ3n) is 9.97. The summed E-state index contributed by atoms with van der Waals surface area (Å²) in [6, 6.07) is 15.1. The van der Waals surface area contributed by atoms with Crippen LogP contribution in [0.3, 0.4) is 0 Å². The number of pyridine rings is 2. The van der Waals surface area contributed by atoms with Crippen molar-refractivity contribution in [2.45, 2.75) is 92.0 Å². The van der Waals surface area contributed by atoms with Gasteiger partial charge in [0.15, 0.2) is 5.75 Å². The second-order valence-corrected chi connectivity index (χ2v) is 29.8. The van der Waals surface area contributed by atoms with Crippen LogP contribution < -0.4 is 4.18 Å². The maximum Gasteiger partial charge on any atom is 0.534 e. The summed E-state index contributed by atoms with van der Waals surface area (Å²) in [5, 5.41) is 1.02. The molecule has 0 radical (unpaired) electrons. The normalized spacial score (nSPS) is 12.2. The molecule has 0 spiro atoms. The quantitative estimate of drug-likeness (QED) is 0.0351. The topological polar surface area (TPSA) is 101 Å². The molecule has 0 unspecified atom stereocenters. The summed E-state index contributed by atoms with van der Waals surface area (Å²) in [7, 11) is -5.90. The largest absolute Gasteiger partial charge is 0.534 e. The first kappa shape index (κ1) is 49.7. The first-order valence-electron chi connectivity index (χ1n) is 20.2. The van der Waals surface area contributed by atoms with Crippen molar-refractivity contribution in [1.29, 1.82) is 0 Å². The fourth-order valence-electron chi connectivity index (χ4n) is 6.94. The van der Waals surface area contributed by atoms with Gasteiger partial charge in [0.05, 0.1) is 11.9 Å². The van der Waals surface area contributed by atoms with Crippen molar-refractivity contribution < 1.29 is 34.6 Å². The number of unbranched alkanes of at least 4 members (excludes halogenated alkanes) is 3. The zero-order chi connectivity index (χ0) is 44.8. The van der Waals surface area contributed by atoms with Crippen LogP contribution >= 0.6 is 23.2 Å². The van der Waals surface area contributed by atoms with Gasteiger partial charge < -0.3 is 14.2 Å². The Labute approximate surface area is 368 Å². The van der Waals surface area contributed by atoms with Gasteiger partial charge in [-0.3, -0.25) is 0 Å². The molecule has 0 bridgehead atoms. The number of hydrogen-bond donors (Lipinski definition) is 2. The standard InChI is InChI=1S/C16H12ClFN2.C14H7ClF4N2O3S.3C4H9.C3H5.Sn/c1-2-4-10-9-19-16(17)8-11(10)15-7-12-13(18)5-3-6-14(12)20-15;15-13-5-8(11-4-7-9(16)2-1-3-10(7)21-11)12(6-20-13)24-25(22,23)14(17,18)19;3*1-3-4-2;1-3-2;/h2-9,20H,1H3;1-6,21H;3*1,3-4H2,2H3;1,3H,2H3;/b4-2-;;;;;;. The molecule has 0 amide bonds. The second kappa shape index (κ2) is 23.0. The molecule has 16 heteroatoms. The van der Waals surface area contributed by atoms with Crippen molar-refractivity contribution in [2.24, 2.45) is 0 Å². The molecule has 4 heterocycles. The predicted octanol–water partition coefficient (Wildman–Crippen LogP) is 15.3. The molecular weight excluding hydrogens is 961 g/mol. The smallest absolute Gasteiger partial charge is 0.374 e. The molecule has 6 rings (SSSR count). The van der Waals surface area contributed by atoms with Gasteiger partial charge >= 0.3 is 124 Å². The minimum atomic E-state index is -5.90. The molecule has 0 aliphatic carbocycles. The van der Waals surface area contributed by atoms with Gasteiger partial charge in [-0.15, -0.1) is 0 Å². The number of hydrogen-bond acceptors (Lipinski definition) is 5. The summed E-state index contributed by atoms with van der Waals surface area (Å²) < 4.78 is 99.3. The van der Waals surface area contributed by atoms with Gasteiger partial charge in [-0.2, -0.15) is 21.6 Å². The third kappa shape index (κ3) is 13.5. The van der Waals surface area contributed by atoms with E-state index in [9.17, 15) is 30.4 Å². The van der Waals surface area contributed by atoms with Crippen molar-refractivity contribution >= 4 is 79.6 Å². The van der Waals surface area contributed by atoms with Crippen molar-refractivity contribution in [3.8, 4) is 28.3 Å². The number of aromatic nitrogens is 4. The molecule has 6 aromatic rings. The zero-order valence-electron chi connectivity index (χ0n) is 34.8. The number of benzene rings is 2. The van der Waals surface area contributed by atoms with E-state index in [0.717, 1.165) is 34.6 Å². The van der Waals surface area contributed by atoms with E-state index < -0.39 is 45.6 Å². The molecule has 0 aliphatic heterocycles. The van der Waals surface area contributed by atoms with Gasteiger partial charge in [0.25, 0.3) is 0 Å². The molecule has 0 saturated carbocycles. The maximum absolute atomic E-state index is 13.8. The molecule has 2 N–H and O–H groups in total. The molecule has 7 nitrogen and oxygen atoms in total. The van der Waals surface area contributed by atoms with E-state index >= 15 is 0 Å². The Bertz CT molecular complexity index is 2520. The van der Waals surface area contributed by atoms with Crippen molar-refractivity contribution in [1.82, 2.24) is 19.9 Å². The van der Waals surface area contributed by atoms with Crippen LogP contribution in [0.2, 0.25) is 23.6 Å². The Morgan fingerprint density at radius 1 is 0.721 bits per heavy atom. The van der Waals surface area contributed by atoms with Crippen LogP contribution in [-0.2, 0) is 10.1 Å². The van der Waals surface area contributed by atoms with E-state index in [2.05, 4.69) is 62.0 Å². The van der Waals surface area contributed by atoms with Crippen LogP contribution in [0.5, 0.6) is 5.75 Å². The van der Waals surface area contributed by atoms with Gasteiger partial charge in [-0.05, 0) is 55.5 Å². The van der Waals surface area contributed by atoms with E-state index in [1.165, 1.54) is 68.9 Å². The SMILES string of the molecule is C/C=C\c1cnc(Cl)cc1-c1cc2c(F)cccc2[nH]1.C/C=[CH]\[Sn]([CH2]CCC)([CH2]CCC)[CH2]CCC.O=S(=O)(Oc1cnc(Cl)cc1-c1cc2c(F)cccc2[nH]1)C(F)(F)F. The van der Waals surface area contributed by atoms with E-state index in [1.54, 1.807) is 37.7 Å². The Hall–Kier alpha value is -3.92. The van der Waals surface area contributed by atoms with Crippen molar-refractivity contribution in [3.05, 3.63) is 117 Å². The molecule has 0 atom stereocenters. The van der Waals surface area contributed by atoms with Gasteiger partial charge in [0, 0.05) is 50.4 Å². The number of nitrogens with one attached hydrogen (secondary N) is 2. The van der Waals surface area contributed by atoms with Crippen LogP contribution in [-0.4, -0.2) is 52.2 Å². The van der Waals surface area contributed by atoms with Gasteiger partial charge in [0.1, 0.15) is 21.9 Å². The summed E-state index contributed by atoms with van der Waals surface area (Å²) in [6.45, 7) is 11.2. The average molecular weight is 1010 g/mol. The minimum Gasteiger partial charge on any atom is -0.374 e. The third-order valence-corrected chi connectivity index (χ3v) is 25.9. The van der Waals surface area contributed by atoms with Crippen LogP contribution in [0.15, 0.2) is 89.3 Å². The Kier molecular flexibility index (Phi) is 18.7. The zero-order valence-corrected chi connectivity index (χ0v) is 40.0. The molecular formula is C45H51Cl2F5N4O3SSn. The number of rotatable bonds is 15. The number of fused-ring (bicyclic) bond motifs is 2. The van der Waals surface area contributed by atoms with Gasteiger partial charge in [-0.1, -0.05) is 47.5 Å². The fraction of sp³-hybridized carbons (Fsp3) is 0.333. The average Bonchev–Trinajstić information content (AvgIpc) is 3.87. The van der Waals surface area contributed by atoms with Gasteiger partial charge in [0.2, 0.25) is 0 Å². The van der Waals surface area contributed by atoms with Crippen molar-refractivity contribution in [3.63, 3.8) is 0 Å². The molecule has 0 aliphatic rings. The van der Waals surface area contributed by atoms with E-state index in [-0.39, 0.29) is 27.6 Å². The molecule has 4 aromatic heterocycles. The van der Waals surface area contributed by atoms with Gasteiger partial charge in [-0.25, -0.2) is 18.7 Å². The summed E-state index contributed by atoms with van der Waals surface area (Å²) in [5.41, 5.74) is -1.85. The summed E-state index contributed by atoms with van der Waals surface area (Å²) in [5.74, 6) is -1.50. The number of nitrogens with zero attached hydrogens (tertiary/aromatic N) is 2. The van der Waals surface area contributed by atoms with Crippen LogP contribution in [0.25, 0.3) is 50.4 Å². The summed E-state index contributed by atoms with van der Waals surface area (Å²) in [4.78, 5) is 13.6. The van der Waals surface area contributed by atoms with Crippen LogP contribution in [0.1, 0.15) is 78.7 Å². The molecule has 61 heavy (non-hydrogen) atoms. The number of H-pyrrole nitrogens is 2. The summed E-state index contributed by atoms with van der Waals surface area (Å²) in [6.07, 6.45) is 17.3. The molecule has 2 aromatic carbocycles. The number of halogens is 7. The van der Waals surface area contributed by atoms with Crippen LogP contribution in [0, 0.1) is 11.6 Å². The number of alkyl halides is 3. The molecule has 0 saturated heterocycles. The van der Waals surface area contributed by atoms with Crippen molar-refractivity contribution in [2.75, 3.05) is 0 Å². The molecule has 0 fully saturated rings. The van der Waals surface area contributed by atoms with Crippen LogP contribution in [0.4, 0.5) is 22.0 Å². The number of allylic oxidation sites excluding steroid dienone is 2. The second-order valence-electron chi connectivity index (χ2n) is 14.5. The first-order chi connectivity index (χ1) is 29.0.